The standard InChI is InChI=1S/C18H32NO4P/c19-17(10-13-6-2-1-3-7-13)16(14-8-4-5-9-14)11-15(18(20)21)12-23-24-22/h13-17H,1-12,19H2,(H,20,21). The van der Waals surface area contributed by atoms with Crippen molar-refractivity contribution in [3.63, 3.8) is 0 Å². The van der Waals surface area contributed by atoms with Crippen LogP contribution in [0.15, 0.2) is 0 Å². The van der Waals surface area contributed by atoms with Gasteiger partial charge in [0, 0.05) is 6.04 Å². The van der Waals surface area contributed by atoms with Crippen molar-refractivity contribution in [3.8, 4) is 0 Å². The summed E-state index contributed by atoms with van der Waals surface area (Å²) in [6, 6.07) is 0.0721. The molecular weight excluding hydrogens is 325 g/mol. The van der Waals surface area contributed by atoms with Crippen LogP contribution in [0.5, 0.6) is 0 Å². The molecule has 138 valence electrons. The molecule has 0 aromatic heterocycles. The topological polar surface area (TPSA) is 89.6 Å². The molecule has 2 aliphatic rings. The van der Waals surface area contributed by atoms with Crippen LogP contribution >= 0.6 is 8.69 Å². The summed E-state index contributed by atoms with van der Waals surface area (Å²) in [6.45, 7) is -0.000241. The molecule has 3 N–H and O–H groups in total. The van der Waals surface area contributed by atoms with E-state index in [1.807, 2.05) is 0 Å². The lowest BCUT2D eigenvalue weighted by atomic mass is 9.74. The van der Waals surface area contributed by atoms with Crippen molar-refractivity contribution in [2.24, 2.45) is 29.4 Å². The third-order valence-corrected chi connectivity index (χ3v) is 6.37. The number of hydrogen-bond acceptors (Lipinski definition) is 4. The maximum Gasteiger partial charge on any atom is 0.327 e. The van der Waals surface area contributed by atoms with Crippen LogP contribution in [-0.4, -0.2) is 23.7 Å². The number of rotatable bonds is 10. The Kier molecular flexibility index (Phi) is 8.65. The van der Waals surface area contributed by atoms with Crippen LogP contribution in [-0.2, 0) is 13.9 Å². The molecule has 0 aliphatic heterocycles. The van der Waals surface area contributed by atoms with E-state index in [1.165, 1.54) is 44.9 Å². The van der Waals surface area contributed by atoms with Gasteiger partial charge in [-0.1, -0.05) is 57.8 Å². The van der Waals surface area contributed by atoms with E-state index in [0.29, 0.717) is 18.3 Å². The molecule has 2 fully saturated rings. The largest absolute Gasteiger partial charge is 0.481 e. The average molecular weight is 357 g/mol. The molecule has 0 heterocycles. The van der Waals surface area contributed by atoms with Crippen molar-refractivity contribution >= 4 is 14.7 Å². The third-order valence-electron chi connectivity index (χ3n) is 6.12. The van der Waals surface area contributed by atoms with Crippen molar-refractivity contribution in [2.75, 3.05) is 6.61 Å². The van der Waals surface area contributed by atoms with Crippen LogP contribution in [0, 0.1) is 23.7 Å². The highest BCUT2D eigenvalue weighted by atomic mass is 31.1. The maximum absolute atomic E-state index is 11.5. The first kappa shape index (κ1) is 19.8. The second kappa shape index (κ2) is 10.5. The summed E-state index contributed by atoms with van der Waals surface area (Å²) in [7, 11) is -0.450. The Hall–Kier alpha value is -0.510. The van der Waals surface area contributed by atoms with Crippen LogP contribution in [0.1, 0.15) is 70.6 Å². The Labute approximate surface area is 147 Å². The SMILES string of the molecule is NC(CC1CCCCC1)C(CC(COP=O)C(=O)O)C1CCCC1. The van der Waals surface area contributed by atoms with Crippen molar-refractivity contribution in [1.82, 2.24) is 0 Å². The Balaban J connectivity index is 1.99. The second-order valence-corrected chi connectivity index (χ2v) is 8.16. The molecule has 0 aromatic carbocycles. The van der Waals surface area contributed by atoms with Gasteiger partial charge in [-0.05, 0) is 30.6 Å². The van der Waals surface area contributed by atoms with Gasteiger partial charge in [0.15, 0.2) is 0 Å². The molecule has 0 radical (unpaired) electrons. The summed E-state index contributed by atoms with van der Waals surface area (Å²) < 4.78 is 15.4. The van der Waals surface area contributed by atoms with Crippen LogP contribution < -0.4 is 5.73 Å². The number of carboxylic acids is 1. The van der Waals surface area contributed by atoms with Gasteiger partial charge in [-0.3, -0.25) is 9.32 Å². The monoisotopic (exact) mass is 357 g/mol. The predicted octanol–water partition coefficient (Wildman–Crippen LogP) is 4.40. The van der Waals surface area contributed by atoms with E-state index in [-0.39, 0.29) is 18.6 Å². The first-order chi connectivity index (χ1) is 11.6. The summed E-state index contributed by atoms with van der Waals surface area (Å²) in [6.07, 6.45) is 12.8. The normalized spacial score (nSPS) is 24.0. The highest BCUT2D eigenvalue weighted by molar-refractivity contribution is 7.17. The molecule has 2 aliphatic carbocycles. The third kappa shape index (κ3) is 6.09. The summed E-state index contributed by atoms with van der Waals surface area (Å²) in [5, 5.41) is 9.47. The van der Waals surface area contributed by atoms with Crippen LogP contribution in [0.2, 0.25) is 0 Å². The first-order valence-electron chi connectivity index (χ1n) is 9.54. The van der Waals surface area contributed by atoms with Gasteiger partial charge < -0.3 is 10.8 Å². The van der Waals surface area contributed by atoms with E-state index in [0.717, 1.165) is 19.3 Å². The zero-order valence-corrected chi connectivity index (χ0v) is 15.5. The van der Waals surface area contributed by atoms with Crippen LogP contribution in [0.4, 0.5) is 0 Å². The number of carbonyl (C=O) groups is 1. The van der Waals surface area contributed by atoms with Crippen molar-refractivity contribution < 1.29 is 19.0 Å². The molecule has 0 saturated heterocycles. The zero-order valence-electron chi connectivity index (χ0n) is 14.6. The number of aliphatic carboxylic acids is 1. The first-order valence-corrected chi connectivity index (χ1v) is 10.3. The van der Waals surface area contributed by atoms with Crippen molar-refractivity contribution in [1.29, 1.82) is 0 Å². The van der Waals surface area contributed by atoms with E-state index in [2.05, 4.69) is 0 Å². The Morgan fingerprint density at radius 3 is 2.33 bits per heavy atom. The zero-order chi connectivity index (χ0) is 17.4. The molecule has 2 saturated carbocycles. The van der Waals surface area contributed by atoms with Gasteiger partial charge in [-0.2, -0.15) is 0 Å². The van der Waals surface area contributed by atoms with Gasteiger partial charge in [0.1, 0.15) is 0 Å². The quantitative estimate of drug-likeness (QED) is 0.565. The number of hydrogen-bond donors (Lipinski definition) is 2. The molecule has 0 aromatic rings. The number of carboxylic acid groups (broad SMARTS) is 1. The van der Waals surface area contributed by atoms with Gasteiger partial charge in [0.25, 0.3) is 0 Å². The lowest BCUT2D eigenvalue weighted by Crippen LogP contribution is -2.39. The van der Waals surface area contributed by atoms with Crippen LogP contribution in [0.3, 0.4) is 0 Å². The molecule has 6 heteroatoms. The highest BCUT2D eigenvalue weighted by Crippen LogP contribution is 2.39. The van der Waals surface area contributed by atoms with E-state index in [4.69, 9.17) is 10.3 Å². The van der Waals surface area contributed by atoms with E-state index >= 15 is 0 Å². The van der Waals surface area contributed by atoms with Gasteiger partial charge >= 0.3 is 14.7 Å². The minimum absolute atomic E-state index is 0.000241. The molecular formula is C18H32NO4P. The molecule has 2 rings (SSSR count). The second-order valence-electron chi connectivity index (χ2n) is 7.75. The Morgan fingerprint density at radius 2 is 1.75 bits per heavy atom. The molecule has 0 spiro atoms. The summed E-state index contributed by atoms with van der Waals surface area (Å²) in [5.41, 5.74) is 6.61. The predicted molar refractivity (Wildman–Crippen MR) is 93.9 cm³/mol. The van der Waals surface area contributed by atoms with E-state index in [9.17, 15) is 14.5 Å². The smallest absolute Gasteiger partial charge is 0.327 e. The fraction of sp³-hybridized carbons (Fsp3) is 0.944. The van der Waals surface area contributed by atoms with Gasteiger partial charge in [-0.15, -0.1) is 0 Å². The van der Waals surface area contributed by atoms with Gasteiger partial charge in [0.05, 0.1) is 12.5 Å². The Bertz CT molecular complexity index is 394. The minimum Gasteiger partial charge on any atom is -0.481 e. The lowest BCUT2D eigenvalue weighted by molar-refractivity contribution is -0.143. The fourth-order valence-corrected chi connectivity index (χ4v) is 5.01. The van der Waals surface area contributed by atoms with E-state index in [1.54, 1.807) is 0 Å². The summed E-state index contributed by atoms with van der Waals surface area (Å²) in [4.78, 5) is 11.5. The summed E-state index contributed by atoms with van der Waals surface area (Å²) in [5.74, 6) is -0.00370. The fourth-order valence-electron chi connectivity index (χ4n) is 4.77. The molecule has 0 amide bonds. The summed E-state index contributed by atoms with van der Waals surface area (Å²) >= 11 is 0. The van der Waals surface area contributed by atoms with E-state index < -0.39 is 20.6 Å². The highest BCUT2D eigenvalue weighted by Gasteiger charge is 2.35. The van der Waals surface area contributed by atoms with Gasteiger partial charge in [-0.25, -0.2) is 4.57 Å². The molecule has 3 unspecified atom stereocenters. The average Bonchev–Trinajstić information content (AvgIpc) is 3.09. The minimum atomic E-state index is -0.869. The molecule has 5 nitrogen and oxygen atoms in total. The molecule has 0 bridgehead atoms. The van der Waals surface area contributed by atoms with Crippen molar-refractivity contribution in [2.45, 2.75) is 76.7 Å². The van der Waals surface area contributed by atoms with Gasteiger partial charge in [0.2, 0.25) is 0 Å². The maximum atomic E-state index is 11.5. The van der Waals surface area contributed by atoms with Crippen LogP contribution in [0.25, 0.3) is 0 Å². The molecule has 3 atom stereocenters. The molecule has 24 heavy (non-hydrogen) atoms. The number of nitrogens with two attached hydrogens (primary N) is 1. The van der Waals surface area contributed by atoms with Crippen molar-refractivity contribution in [3.05, 3.63) is 0 Å². The lowest BCUT2D eigenvalue weighted by Gasteiger charge is -2.34. The Morgan fingerprint density at radius 1 is 1.12 bits per heavy atom.